The molecule has 0 aliphatic heterocycles. The van der Waals surface area contributed by atoms with Crippen molar-refractivity contribution >= 4 is 96.7 Å². The van der Waals surface area contributed by atoms with Gasteiger partial charge in [0, 0.05) is 53.1 Å². The third-order valence-electron chi connectivity index (χ3n) is 11.3. The van der Waals surface area contributed by atoms with Crippen LogP contribution in [0, 0.1) is 0 Å². The second-order valence-electron chi connectivity index (χ2n) is 14.1. The molecule has 0 unspecified atom stereocenters. The molecular weight excluding hydrogens is 661 g/mol. The molecule has 246 valence electrons. The lowest BCUT2D eigenvalue weighted by Crippen LogP contribution is -1.94. The molecule has 0 amide bonds. The summed E-state index contributed by atoms with van der Waals surface area (Å²) in [6, 6.07) is 67.3. The molecule has 0 N–H and O–H groups in total. The fraction of sp³-hybridized carbons (Fsp3) is 0. The molecule has 3 heterocycles. The average Bonchev–Trinajstić information content (AvgIpc) is 3.87. The lowest BCUT2D eigenvalue weighted by atomic mass is 10.00. The summed E-state index contributed by atoms with van der Waals surface area (Å²) in [5.41, 5.74) is 9.72. The Balaban J connectivity index is 1.11. The van der Waals surface area contributed by atoms with Gasteiger partial charge in [-0.05, 0) is 99.4 Å². The van der Waals surface area contributed by atoms with E-state index in [1.807, 2.05) is 11.3 Å². The second kappa shape index (κ2) is 10.9. The summed E-state index contributed by atoms with van der Waals surface area (Å²) >= 11 is 1.88. The zero-order valence-electron chi connectivity index (χ0n) is 28.6. The molecule has 3 heteroatoms. The quantitative estimate of drug-likeness (QED) is 0.175. The van der Waals surface area contributed by atoms with Crippen LogP contribution in [0.1, 0.15) is 0 Å². The van der Waals surface area contributed by atoms with Gasteiger partial charge >= 0.3 is 0 Å². The number of aromatic nitrogens is 2. The lowest BCUT2D eigenvalue weighted by Gasteiger charge is -2.11. The van der Waals surface area contributed by atoms with Gasteiger partial charge < -0.3 is 9.13 Å². The highest BCUT2D eigenvalue weighted by molar-refractivity contribution is 7.26. The van der Waals surface area contributed by atoms with E-state index < -0.39 is 0 Å². The van der Waals surface area contributed by atoms with Crippen molar-refractivity contribution in [3.05, 3.63) is 182 Å². The third-order valence-corrected chi connectivity index (χ3v) is 12.4. The average molecular weight is 691 g/mol. The first kappa shape index (κ1) is 29.0. The summed E-state index contributed by atoms with van der Waals surface area (Å²) in [7, 11) is 0. The molecule has 0 fully saturated rings. The van der Waals surface area contributed by atoms with Crippen molar-refractivity contribution in [3.63, 3.8) is 0 Å². The molecule has 0 atom stereocenters. The molecule has 12 aromatic rings. The topological polar surface area (TPSA) is 9.86 Å². The summed E-state index contributed by atoms with van der Waals surface area (Å²) in [5.74, 6) is 0. The van der Waals surface area contributed by atoms with Gasteiger partial charge in [-0.15, -0.1) is 11.3 Å². The van der Waals surface area contributed by atoms with Crippen LogP contribution < -0.4 is 0 Å². The predicted molar refractivity (Wildman–Crippen MR) is 228 cm³/mol. The SMILES string of the molecule is c1ccc2cc(-n3c4ccccc4c4cc(-c5ccc6c(c5)c5ccc7sc8ccccc8c7c5n6-c5ccc6ccccc6c5)ccc43)ccc2c1. The van der Waals surface area contributed by atoms with Crippen molar-refractivity contribution in [2.24, 2.45) is 0 Å². The molecule has 2 nitrogen and oxygen atoms in total. The highest BCUT2D eigenvalue weighted by Crippen LogP contribution is 2.44. The Labute approximate surface area is 309 Å². The van der Waals surface area contributed by atoms with Gasteiger partial charge in [0.2, 0.25) is 0 Å². The van der Waals surface area contributed by atoms with E-state index in [-0.39, 0.29) is 0 Å². The van der Waals surface area contributed by atoms with E-state index in [1.54, 1.807) is 0 Å². The summed E-state index contributed by atoms with van der Waals surface area (Å²) in [4.78, 5) is 0. The Morgan fingerprint density at radius 3 is 1.58 bits per heavy atom. The van der Waals surface area contributed by atoms with Crippen molar-refractivity contribution in [2.75, 3.05) is 0 Å². The monoisotopic (exact) mass is 690 g/mol. The van der Waals surface area contributed by atoms with E-state index in [0.717, 1.165) is 0 Å². The molecule has 0 spiro atoms. The van der Waals surface area contributed by atoms with E-state index in [9.17, 15) is 0 Å². The first-order chi connectivity index (χ1) is 26.3. The van der Waals surface area contributed by atoms with Crippen LogP contribution in [0.5, 0.6) is 0 Å². The first-order valence-electron chi connectivity index (χ1n) is 18.2. The normalized spacial score (nSPS) is 12.2. The van der Waals surface area contributed by atoms with Crippen molar-refractivity contribution in [2.45, 2.75) is 0 Å². The molecule has 0 aliphatic rings. The van der Waals surface area contributed by atoms with Crippen molar-refractivity contribution < 1.29 is 0 Å². The molecule has 0 aliphatic carbocycles. The Bertz CT molecular complexity index is 3470. The van der Waals surface area contributed by atoms with Crippen LogP contribution in [0.4, 0.5) is 0 Å². The molecule has 53 heavy (non-hydrogen) atoms. The zero-order valence-corrected chi connectivity index (χ0v) is 29.4. The highest BCUT2D eigenvalue weighted by atomic mass is 32.1. The van der Waals surface area contributed by atoms with Crippen LogP contribution in [0.2, 0.25) is 0 Å². The summed E-state index contributed by atoms with van der Waals surface area (Å²) in [5, 5.41) is 12.7. The van der Waals surface area contributed by atoms with E-state index in [2.05, 4.69) is 191 Å². The van der Waals surface area contributed by atoms with E-state index >= 15 is 0 Å². The van der Waals surface area contributed by atoms with Gasteiger partial charge in [0.05, 0.1) is 22.1 Å². The molecule has 3 aromatic heterocycles. The van der Waals surface area contributed by atoms with E-state index in [0.29, 0.717) is 0 Å². The lowest BCUT2D eigenvalue weighted by molar-refractivity contribution is 1.19. The predicted octanol–water partition coefficient (Wildman–Crippen LogP) is 14.2. The van der Waals surface area contributed by atoms with Crippen LogP contribution >= 0.6 is 11.3 Å². The number of thiophene rings is 1. The molecule has 12 rings (SSSR count). The number of rotatable bonds is 3. The smallest absolute Gasteiger partial charge is 0.0634 e. The second-order valence-corrected chi connectivity index (χ2v) is 15.2. The van der Waals surface area contributed by atoms with Crippen molar-refractivity contribution in [3.8, 4) is 22.5 Å². The Kier molecular flexibility index (Phi) is 5.96. The fourth-order valence-corrected chi connectivity index (χ4v) is 9.93. The Morgan fingerprint density at radius 1 is 0.321 bits per heavy atom. The maximum Gasteiger partial charge on any atom is 0.0634 e. The molecule has 0 radical (unpaired) electrons. The number of hydrogen-bond donors (Lipinski definition) is 0. The molecular formula is C50H30N2S. The molecule has 0 saturated heterocycles. The maximum atomic E-state index is 2.50. The number of nitrogens with zero attached hydrogens (tertiary/aromatic N) is 2. The van der Waals surface area contributed by atoms with Crippen molar-refractivity contribution in [1.82, 2.24) is 9.13 Å². The summed E-state index contributed by atoms with van der Waals surface area (Å²) < 4.78 is 7.56. The van der Waals surface area contributed by atoms with Gasteiger partial charge in [-0.3, -0.25) is 0 Å². The Hall–Kier alpha value is -6.68. The van der Waals surface area contributed by atoms with Crippen LogP contribution in [0.25, 0.3) is 108 Å². The van der Waals surface area contributed by atoms with Crippen LogP contribution in [-0.4, -0.2) is 9.13 Å². The number of fused-ring (bicyclic) bond motifs is 12. The van der Waals surface area contributed by atoms with Gasteiger partial charge in [-0.25, -0.2) is 0 Å². The van der Waals surface area contributed by atoms with E-state index in [4.69, 9.17) is 0 Å². The zero-order chi connectivity index (χ0) is 34.6. The summed E-state index contributed by atoms with van der Waals surface area (Å²) in [6.45, 7) is 0. The van der Waals surface area contributed by atoms with Crippen LogP contribution in [-0.2, 0) is 0 Å². The standard InChI is InChI=1S/C50H30N2S/c1-3-11-33-27-37(21-17-31(33)9-1)51-44-15-7-5-13-39(44)42-29-35(19-24-45(42)51)36-20-25-46-43(30-36)40-23-26-48-49(41-14-6-8-16-47(41)53-48)50(40)52(46)38-22-18-32-10-2-4-12-34(32)28-38/h1-30H. The van der Waals surface area contributed by atoms with Crippen LogP contribution in [0.3, 0.4) is 0 Å². The molecule has 0 saturated carbocycles. The molecule has 0 bridgehead atoms. The number of para-hydroxylation sites is 1. The van der Waals surface area contributed by atoms with Gasteiger partial charge in [0.25, 0.3) is 0 Å². The van der Waals surface area contributed by atoms with Gasteiger partial charge in [0.1, 0.15) is 0 Å². The first-order valence-corrected chi connectivity index (χ1v) is 19.0. The minimum atomic E-state index is 1.18. The van der Waals surface area contributed by atoms with Crippen LogP contribution in [0.15, 0.2) is 182 Å². The van der Waals surface area contributed by atoms with Gasteiger partial charge in [-0.2, -0.15) is 0 Å². The van der Waals surface area contributed by atoms with Gasteiger partial charge in [0.15, 0.2) is 0 Å². The maximum absolute atomic E-state index is 2.50. The number of hydrogen-bond acceptors (Lipinski definition) is 1. The number of benzene rings is 9. The fourth-order valence-electron chi connectivity index (χ4n) is 8.83. The van der Waals surface area contributed by atoms with Gasteiger partial charge in [-0.1, -0.05) is 115 Å². The van der Waals surface area contributed by atoms with E-state index in [1.165, 1.54) is 108 Å². The molecule has 9 aromatic carbocycles. The van der Waals surface area contributed by atoms with Crippen molar-refractivity contribution in [1.29, 1.82) is 0 Å². The Morgan fingerprint density at radius 2 is 0.868 bits per heavy atom. The highest BCUT2D eigenvalue weighted by Gasteiger charge is 2.20. The minimum Gasteiger partial charge on any atom is -0.309 e. The summed E-state index contributed by atoms with van der Waals surface area (Å²) in [6.07, 6.45) is 0. The largest absolute Gasteiger partial charge is 0.309 e. The third kappa shape index (κ3) is 4.20. The minimum absolute atomic E-state index is 1.18.